The summed E-state index contributed by atoms with van der Waals surface area (Å²) in [5.74, 6) is 0. The van der Waals surface area contributed by atoms with E-state index in [-0.39, 0.29) is 46.5 Å². The molecule has 1 aliphatic rings. The molecule has 0 bridgehead atoms. The van der Waals surface area contributed by atoms with Crippen molar-refractivity contribution in [1.29, 1.82) is 0 Å². The molecule has 0 saturated heterocycles. The first-order valence-electron chi connectivity index (χ1n) is 5.51. The molecule has 1 heterocycles. The Kier molecular flexibility index (Phi) is 10.2. The Morgan fingerprint density at radius 3 is 2.50 bits per heavy atom. The maximum atomic E-state index is 3.51. The van der Waals surface area contributed by atoms with Crippen molar-refractivity contribution in [2.75, 3.05) is 0 Å². The van der Waals surface area contributed by atoms with Crippen LogP contribution < -0.4 is 4.50 Å². The summed E-state index contributed by atoms with van der Waals surface area (Å²) < 4.78 is 1.64. The monoisotopic (exact) mass is 353 g/mol. The van der Waals surface area contributed by atoms with Crippen LogP contribution in [0, 0.1) is 6.08 Å². The third-order valence-corrected chi connectivity index (χ3v) is 8.86. The molecule has 0 N–H and O–H groups in total. The zero-order valence-corrected chi connectivity index (χ0v) is 16.0. The average molecular weight is 354 g/mol. The third kappa shape index (κ3) is 4.09. The molecule has 0 aromatic carbocycles. The van der Waals surface area contributed by atoms with Gasteiger partial charge in [-0.1, -0.05) is 20.0 Å². The predicted molar refractivity (Wildman–Crippen MR) is 85.8 cm³/mol. The SMILES string of the molecule is CCc1ccsc1[Si](C)(C)C1=[C-]CC=C1.Cl.Cl.[Ti]. The standard InChI is InChI=1S/C13H17SSi.2ClH.Ti/c1-4-11-9-10-14-13(11)15(2,3)12-7-5-6-8-12;;;/h5,7,9-10H,4,6H2,1-3H3;2*1H;/q-1;;;. The van der Waals surface area contributed by atoms with Gasteiger partial charge in [0.25, 0.3) is 0 Å². The predicted octanol–water partition coefficient (Wildman–Crippen LogP) is 4.30. The summed E-state index contributed by atoms with van der Waals surface area (Å²) in [7, 11) is -1.42. The third-order valence-electron chi connectivity index (χ3n) is 3.06. The molecule has 0 fully saturated rings. The normalized spacial score (nSPS) is 13.2. The van der Waals surface area contributed by atoms with Gasteiger partial charge >= 0.3 is 0 Å². The van der Waals surface area contributed by atoms with E-state index in [4.69, 9.17) is 0 Å². The van der Waals surface area contributed by atoms with Crippen molar-refractivity contribution in [2.45, 2.75) is 32.9 Å². The Morgan fingerprint density at radius 1 is 1.33 bits per heavy atom. The largest absolute Gasteiger partial charge is 0.273 e. The number of halogens is 2. The fourth-order valence-corrected chi connectivity index (χ4v) is 6.95. The van der Waals surface area contributed by atoms with Crippen LogP contribution in [0.25, 0.3) is 0 Å². The van der Waals surface area contributed by atoms with Crippen molar-refractivity contribution in [3.8, 4) is 0 Å². The van der Waals surface area contributed by atoms with Gasteiger partial charge in [0.15, 0.2) is 0 Å². The summed E-state index contributed by atoms with van der Waals surface area (Å²) in [5, 5.41) is 3.72. The van der Waals surface area contributed by atoms with Gasteiger partial charge in [0.05, 0.1) is 8.07 Å². The van der Waals surface area contributed by atoms with Crippen LogP contribution in [0.3, 0.4) is 0 Å². The van der Waals surface area contributed by atoms with E-state index in [1.165, 1.54) is 5.20 Å². The number of allylic oxidation sites excluding steroid dienone is 4. The van der Waals surface area contributed by atoms with Crippen LogP contribution in [0.4, 0.5) is 0 Å². The smallest absolute Gasteiger partial charge is 0.0886 e. The van der Waals surface area contributed by atoms with Crippen molar-refractivity contribution in [3.63, 3.8) is 0 Å². The van der Waals surface area contributed by atoms with E-state index in [0.29, 0.717) is 0 Å². The Morgan fingerprint density at radius 2 is 2.00 bits per heavy atom. The molecule has 0 amide bonds. The molecule has 1 aliphatic carbocycles. The van der Waals surface area contributed by atoms with Gasteiger partial charge < -0.3 is 0 Å². The molecule has 0 unspecified atom stereocenters. The molecule has 2 rings (SSSR count). The maximum Gasteiger partial charge on any atom is 0.0886 e. The number of aryl methyl sites for hydroxylation is 1. The number of hydrogen-bond acceptors (Lipinski definition) is 1. The zero-order valence-electron chi connectivity index (χ0n) is 10.9. The van der Waals surface area contributed by atoms with Crippen molar-refractivity contribution in [2.24, 2.45) is 0 Å². The van der Waals surface area contributed by atoms with Gasteiger partial charge in [0.1, 0.15) is 0 Å². The van der Waals surface area contributed by atoms with Crippen LogP contribution in [-0.2, 0) is 28.1 Å². The first-order chi connectivity index (χ1) is 7.16. The van der Waals surface area contributed by atoms with Crippen LogP contribution in [0.5, 0.6) is 0 Å². The van der Waals surface area contributed by atoms with E-state index in [2.05, 4.69) is 49.7 Å². The van der Waals surface area contributed by atoms with Crippen molar-refractivity contribution < 1.29 is 21.7 Å². The molecule has 5 heteroatoms. The van der Waals surface area contributed by atoms with Gasteiger partial charge in [-0.25, -0.2) is 11.3 Å². The molecular weight excluding hydrogens is 335 g/mol. The molecule has 1 aromatic rings. The Bertz CT molecular complexity index is 424. The van der Waals surface area contributed by atoms with Gasteiger partial charge in [-0.2, -0.15) is 17.4 Å². The quantitative estimate of drug-likeness (QED) is 0.561. The Labute approximate surface area is 143 Å². The summed E-state index contributed by atoms with van der Waals surface area (Å²) >= 11 is 1.93. The van der Waals surface area contributed by atoms with Crippen molar-refractivity contribution in [3.05, 3.63) is 40.4 Å². The van der Waals surface area contributed by atoms with Crippen LogP contribution in [0.1, 0.15) is 18.9 Å². The van der Waals surface area contributed by atoms with Gasteiger partial charge in [-0.15, -0.1) is 31.2 Å². The number of hydrogen-bond donors (Lipinski definition) is 0. The van der Waals surface area contributed by atoms with Crippen LogP contribution in [-0.4, -0.2) is 8.07 Å². The first kappa shape index (κ1) is 21.0. The summed E-state index contributed by atoms with van der Waals surface area (Å²) in [6.07, 6.45) is 10.2. The van der Waals surface area contributed by atoms with Crippen LogP contribution in [0.15, 0.2) is 28.8 Å². The molecular formula is C13H19Cl2SSiTi-. The van der Waals surface area contributed by atoms with Crippen molar-refractivity contribution in [1.82, 2.24) is 0 Å². The molecule has 0 radical (unpaired) electrons. The number of rotatable bonds is 3. The Balaban J connectivity index is 0. The van der Waals surface area contributed by atoms with Gasteiger partial charge in [0.2, 0.25) is 0 Å². The second-order valence-corrected chi connectivity index (χ2v) is 10.0. The molecule has 0 spiro atoms. The van der Waals surface area contributed by atoms with Crippen LogP contribution >= 0.6 is 36.2 Å². The molecule has 0 aliphatic heterocycles. The van der Waals surface area contributed by atoms with Gasteiger partial charge in [-0.05, 0) is 27.9 Å². The molecule has 1 aromatic heterocycles. The molecule has 18 heavy (non-hydrogen) atoms. The minimum absolute atomic E-state index is 0. The van der Waals surface area contributed by atoms with E-state index in [1.807, 2.05) is 11.3 Å². The molecule has 0 nitrogen and oxygen atoms in total. The fraction of sp³-hybridized carbons (Fsp3) is 0.385. The van der Waals surface area contributed by atoms with Crippen molar-refractivity contribution >= 4 is 48.7 Å². The average Bonchev–Trinajstić information content (AvgIpc) is 2.89. The van der Waals surface area contributed by atoms with Gasteiger partial charge in [0, 0.05) is 21.7 Å². The van der Waals surface area contributed by atoms with Gasteiger partial charge in [-0.3, -0.25) is 6.08 Å². The molecule has 0 saturated carbocycles. The van der Waals surface area contributed by atoms with E-state index < -0.39 is 8.07 Å². The second kappa shape index (κ2) is 8.78. The summed E-state index contributed by atoms with van der Waals surface area (Å²) in [5.41, 5.74) is 1.55. The fourth-order valence-electron chi connectivity index (χ4n) is 2.12. The van der Waals surface area contributed by atoms with E-state index >= 15 is 0 Å². The summed E-state index contributed by atoms with van der Waals surface area (Å²) in [4.78, 5) is 0. The second-order valence-electron chi connectivity index (χ2n) is 4.45. The first-order valence-corrected chi connectivity index (χ1v) is 9.39. The summed E-state index contributed by atoms with van der Waals surface area (Å²) in [6, 6.07) is 2.29. The zero-order chi connectivity index (χ0) is 10.9. The van der Waals surface area contributed by atoms with E-state index in [1.54, 1.807) is 10.1 Å². The van der Waals surface area contributed by atoms with E-state index in [9.17, 15) is 0 Å². The van der Waals surface area contributed by atoms with E-state index in [0.717, 1.165) is 12.8 Å². The maximum absolute atomic E-state index is 3.51. The minimum atomic E-state index is -1.42. The molecule has 100 valence electrons. The topological polar surface area (TPSA) is 0 Å². The number of thiophene rings is 1. The van der Waals surface area contributed by atoms with Crippen LogP contribution in [0.2, 0.25) is 13.1 Å². The summed E-state index contributed by atoms with van der Waals surface area (Å²) in [6.45, 7) is 7.13. The molecule has 0 atom stereocenters. The minimum Gasteiger partial charge on any atom is -0.273 e. The Hall–Kier alpha value is 0.691.